The summed E-state index contributed by atoms with van der Waals surface area (Å²) >= 11 is 0. The molecular formula is C24H35IN4O4. The van der Waals surface area contributed by atoms with E-state index in [1.165, 1.54) is 0 Å². The molecule has 1 atom stereocenters. The molecule has 1 aromatic carbocycles. The van der Waals surface area contributed by atoms with Gasteiger partial charge in [0.2, 0.25) is 5.88 Å². The minimum Gasteiger partial charge on any atom is -0.490 e. The Morgan fingerprint density at radius 3 is 2.76 bits per heavy atom. The molecule has 0 bridgehead atoms. The van der Waals surface area contributed by atoms with E-state index in [9.17, 15) is 0 Å². The highest BCUT2D eigenvalue weighted by atomic mass is 127. The van der Waals surface area contributed by atoms with Crippen LogP contribution in [-0.4, -0.2) is 57.1 Å². The third-order valence-corrected chi connectivity index (χ3v) is 4.89. The average molecular weight is 570 g/mol. The standard InChI is InChI=1S/C24H34N4O4.HI/c1-3-14-31-21-9-4-5-10-22(21)32-23-19(8-6-12-26-23)17-28-24(25-2)27-13-7-15-30-20-11-16-29-18-20;/h4-6,8-10,12,20H,3,7,11,13-18H2,1-2H3,(H2,25,27,28);1H. The molecule has 1 unspecified atom stereocenters. The Bertz CT molecular complexity index is 847. The number of hydrogen-bond donors (Lipinski definition) is 2. The number of rotatable bonds is 12. The summed E-state index contributed by atoms with van der Waals surface area (Å²) in [5.74, 6) is 2.62. The van der Waals surface area contributed by atoms with Gasteiger partial charge in [0.15, 0.2) is 17.5 Å². The first-order chi connectivity index (χ1) is 15.8. The van der Waals surface area contributed by atoms with Crippen molar-refractivity contribution in [2.45, 2.75) is 38.8 Å². The fourth-order valence-corrected chi connectivity index (χ4v) is 3.19. The van der Waals surface area contributed by atoms with Crippen molar-refractivity contribution in [1.29, 1.82) is 0 Å². The van der Waals surface area contributed by atoms with Crippen LogP contribution in [0.2, 0.25) is 0 Å². The summed E-state index contributed by atoms with van der Waals surface area (Å²) in [6.07, 6.45) is 4.78. The van der Waals surface area contributed by atoms with Crippen LogP contribution in [0.1, 0.15) is 31.7 Å². The number of benzene rings is 1. The summed E-state index contributed by atoms with van der Waals surface area (Å²) in [6, 6.07) is 11.5. The minimum atomic E-state index is 0. The number of hydrogen-bond acceptors (Lipinski definition) is 6. The lowest BCUT2D eigenvalue weighted by molar-refractivity contribution is 0.0420. The highest BCUT2D eigenvalue weighted by Crippen LogP contribution is 2.31. The van der Waals surface area contributed by atoms with Crippen LogP contribution >= 0.6 is 24.0 Å². The van der Waals surface area contributed by atoms with Crippen molar-refractivity contribution >= 4 is 29.9 Å². The Balaban J connectivity index is 0.00000385. The van der Waals surface area contributed by atoms with E-state index < -0.39 is 0 Å². The van der Waals surface area contributed by atoms with Crippen molar-refractivity contribution in [3.8, 4) is 17.4 Å². The second-order valence-corrected chi connectivity index (χ2v) is 7.43. The SMILES string of the molecule is CCCOc1ccccc1Oc1ncccc1CNC(=NC)NCCCOC1CCOC1.I. The molecule has 1 aromatic heterocycles. The molecule has 1 fully saturated rings. The van der Waals surface area contributed by atoms with Gasteiger partial charge in [-0.25, -0.2) is 4.98 Å². The lowest BCUT2D eigenvalue weighted by Crippen LogP contribution is -2.37. The van der Waals surface area contributed by atoms with E-state index >= 15 is 0 Å². The van der Waals surface area contributed by atoms with E-state index in [-0.39, 0.29) is 30.1 Å². The van der Waals surface area contributed by atoms with E-state index in [1.54, 1.807) is 13.2 Å². The molecule has 0 spiro atoms. The lowest BCUT2D eigenvalue weighted by Gasteiger charge is -2.15. The van der Waals surface area contributed by atoms with Gasteiger partial charge in [-0.05, 0) is 37.5 Å². The van der Waals surface area contributed by atoms with Gasteiger partial charge >= 0.3 is 0 Å². The Hall–Kier alpha value is -2.11. The van der Waals surface area contributed by atoms with E-state index in [0.717, 1.165) is 43.9 Å². The molecule has 8 nitrogen and oxygen atoms in total. The fourth-order valence-electron chi connectivity index (χ4n) is 3.19. The first-order valence-electron chi connectivity index (χ1n) is 11.3. The van der Waals surface area contributed by atoms with Gasteiger partial charge in [-0.3, -0.25) is 4.99 Å². The third-order valence-electron chi connectivity index (χ3n) is 4.89. The summed E-state index contributed by atoms with van der Waals surface area (Å²) in [6.45, 7) is 6.22. The van der Waals surface area contributed by atoms with E-state index in [0.29, 0.717) is 43.7 Å². The molecule has 0 saturated carbocycles. The monoisotopic (exact) mass is 570 g/mol. The Kier molecular flexibility index (Phi) is 12.9. The van der Waals surface area contributed by atoms with Crippen molar-refractivity contribution < 1.29 is 18.9 Å². The number of nitrogens with zero attached hydrogens (tertiary/aromatic N) is 2. The van der Waals surface area contributed by atoms with Crippen LogP contribution < -0.4 is 20.1 Å². The van der Waals surface area contributed by atoms with Crippen LogP contribution in [0.25, 0.3) is 0 Å². The molecule has 1 aliphatic rings. The average Bonchev–Trinajstić information content (AvgIpc) is 3.35. The normalized spacial score (nSPS) is 15.6. The zero-order valence-electron chi connectivity index (χ0n) is 19.4. The number of aromatic nitrogens is 1. The number of guanidine groups is 1. The Morgan fingerprint density at radius 2 is 2.00 bits per heavy atom. The minimum absolute atomic E-state index is 0. The van der Waals surface area contributed by atoms with Crippen molar-refractivity contribution in [3.63, 3.8) is 0 Å². The maximum Gasteiger partial charge on any atom is 0.224 e. The number of para-hydroxylation sites is 2. The van der Waals surface area contributed by atoms with Crippen LogP contribution in [0.5, 0.6) is 17.4 Å². The van der Waals surface area contributed by atoms with Gasteiger partial charge in [-0.2, -0.15) is 0 Å². The zero-order chi connectivity index (χ0) is 22.4. The maximum absolute atomic E-state index is 6.10. The van der Waals surface area contributed by atoms with Gasteiger partial charge in [0.1, 0.15) is 0 Å². The van der Waals surface area contributed by atoms with Gasteiger partial charge in [0, 0.05) is 45.1 Å². The van der Waals surface area contributed by atoms with Crippen molar-refractivity contribution in [2.75, 3.05) is 40.0 Å². The number of pyridine rings is 1. The highest BCUT2D eigenvalue weighted by molar-refractivity contribution is 14.0. The molecule has 33 heavy (non-hydrogen) atoms. The van der Waals surface area contributed by atoms with Crippen molar-refractivity contribution in [3.05, 3.63) is 48.2 Å². The highest BCUT2D eigenvalue weighted by Gasteiger charge is 2.15. The molecule has 9 heteroatoms. The van der Waals surface area contributed by atoms with Gasteiger partial charge < -0.3 is 29.6 Å². The Labute approximate surface area is 213 Å². The topological polar surface area (TPSA) is 86.2 Å². The van der Waals surface area contributed by atoms with Gasteiger partial charge in [-0.15, -0.1) is 24.0 Å². The first-order valence-corrected chi connectivity index (χ1v) is 11.3. The van der Waals surface area contributed by atoms with Gasteiger partial charge in [0.05, 0.1) is 19.3 Å². The van der Waals surface area contributed by atoms with Crippen molar-refractivity contribution in [2.24, 2.45) is 4.99 Å². The first kappa shape index (κ1) is 27.1. The quantitative estimate of drug-likeness (QED) is 0.172. The molecule has 2 heterocycles. The molecule has 1 saturated heterocycles. The number of ether oxygens (including phenoxy) is 4. The van der Waals surface area contributed by atoms with Gasteiger partial charge in [0.25, 0.3) is 0 Å². The van der Waals surface area contributed by atoms with Crippen molar-refractivity contribution in [1.82, 2.24) is 15.6 Å². The largest absolute Gasteiger partial charge is 0.490 e. The summed E-state index contributed by atoms with van der Waals surface area (Å²) in [5.41, 5.74) is 0.922. The van der Waals surface area contributed by atoms with Crippen LogP contribution in [0.15, 0.2) is 47.6 Å². The van der Waals surface area contributed by atoms with Crippen LogP contribution in [0.4, 0.5) is 0 Å². The summed E-state index contributed by atoms with van der Waals surface area (Å²) in [7, 11) is 1.75. The van der Waals surface area contributed by atoms with E-state index in [1.807, 2.05) is 36.4 Å². The van der Waals surface area contributed by atoms with Crippen LogP contribution in [-0.2, 0) is 16.0 Å². The fraction of sp³-hybridized carbons (Fsp3) is 0.500. The number of nitrogens with one attached hydrogen (secondary N) is 2. The molecule has 1 aliphatic heterocycles. The summed E-state index contributed by atoms with van der Waals surface area (Å²) < 4.78 is 23.0. The zero-order valence-corrected chi connectivity index (χ0v) is 21.7. The predicted octanol–water partition coefficient (Wildman–Crippen LogP) is 4.14. The molecule has 0 aliphatic carbocycles. The number of aliphatic imine (C=N–C) groups is 1. The van der Waals surface area contributed by atoms with E-state index in [4.69, 9.17) is 18.9 Å². The predicted molar refractivity (Wildman–Crippen MR) is 140 cm³/mol. The van der Waals surface area contributed by atoms with Crippen LogP contribution in [0.3, 0.4) is 0 Å². The van der Waals surface area contributed by atoms with E-state index in [2.05, 4.69) is 27.5 Å². The Morgan fingerprint density at radius 1 is 1.15 bits per heavy atom. The third kappa shape index (κ3) is 9.34. The smallest absolute Gasteiger partial charge is 0.224 e. The maximum atomic E-state index is 6.10. The lowest BCUT2D eigenvalue weighted by atomic mass is 10.2. The molecule has 0 amide bonds. The molecule has 3 rings (SSSR count). The van der Waals surface area contributed by atoms with Crippen LogP contribution in [0, 0.1) is 0 Å². The molecular weight excluding hydrogens is 535 g/mol. The second kappa shape index (κ2) is 15.7. The second-order valence-electron chi connectivity index (χ2n) is 7.43. The summed E-state index contributed by atoms with van der Waals surface area (Å²) in [5, 5.41) is 6.63. The summed E-state index contributed by atoms with van der Waals surface area (Å²) in [4.78, 5) is 8.71. The molecule has 182 valence electrons. The van der Waals surface area contributed by atoms with Gasteiger partial charge in [-0.1, -0.05) is 25.1 Å². The number of halogens is 1. The molecule has 2 aromatic rings. The molecule has 0 radical (unpaired) electrons. The molecule has 2 N–H and O–H groups in total.